The molecule has 20 heavy (non-hydrogen) atoms. The summed E-state index contributed by atoms with van der Waals surface area (Å²) >= 11 is 3.51. The second-order valence-electron chi connectivity index (χ2n) is 5.19. The molecule has 0 N–H and O–H groups in total. The lowest BCUT2D eigenvalue weighted by Gasteiger charge is -2.34. The van der Waals surface area contributed by atoms with Gasteiger partial charge in [-0.1, -0.05) is 33.2 Å². The number of carbonyl (C=O) groups excluding carboxylic acids is 1. The first kappa shape index (κ1) is 13.6. The summed E-state index contributed by atoms with van der Waals surface area (Å²) in [6, 6.07) is 7.99. The van der Waals surface area contributed by atoms with Gasteiger partial charge in [0.1, 0.15) is 5.69 Å². The average molecular weight is 337 g/mol. The number of para-hydroxylation sites is 1. The first-order valence-electron chi connectivity index (χ1n) is 6.98. The monoisotopic (exact) mass is 336 g/mol. The Labute approximate surface area is 126 Å². The summed E-state index contributed by atoms with van der Waals surface area (Å²) in [5.74, 6) is 0.146. The van der Waals surface area contributed by atoms with E-state index in [0.717, 1.165) is 41.4 Å². The molecule has 1 amide bonds. The van der Waals surface area contributed by atoms with Crippen molar-refractivity contribution in [2.24, 2.45) is 0 Å². The van der Waals surface area contributed by atoms with Gasteiger partial charge in [0.25, 0.3) is 0 Å². The van der Waals surface area contributed by atoms with Crippen molar-refractivity contribution in [3.8, 4) is 0 Å². The Balaban J connectivity index is 1.78. The van der Waals surface area contributed by atoms with Gasteiger partial charge in [-0.25, -0.2) is 0 Å². The van der Waals surface area contributed by atoms with Crippen LogP contribution in [-0.4, -0.2) is 33.9 Å². The van der Waals surface area contributed by atoms with Gasteiger partial charge < -0.3 is 9.42 Å². The maximum Gasteiger partial charge on any atom is 0.229 e. The average Bonchev–Trinajstić information content (AvgIpc) is 2.90. The van der Waals surface area contributed by atoms with Crippen LogP contribution in [0.15, 0.2) is 28.8 Å². The molecule has 2 aromatic rings. The van der Waals surface area contributed by atoms with E-state index in [1.165, 1.54) is 6.42 Å². The Morgan fingerprint density at radius 3 is 3.10 bits per heavy atom. The highest BCUT2D eigenvalue weighted by Crippen LogP contribution is 2.22. The highest BCUT2D eigenvalue weighted by atomic mass is 79.9. The number of hydrogen-bond donors (Lipinski definition) is 0. The molecule has 0 aliphatic carbocycles. The van der Waals surface area contributed by atoms with Crippen molar-refractivity contribution in [3.05, 3.63) is 30.0 Å². The van der Waals surface area contributed by atoms with Gasteiger partial charge in [0.05, 0.1) is 6.42 Å². The molecule has 1 aromatic carbocycles. The van der Waals surface area contributed by atoms with Gasteiger partial charge >= 0.3 is 0 Å². The lowest BCUT2D eigenvalue weighted by Crippen LogP contribution is -2.45. The summed E-state index contributed by atoms with van der Waals surface area (Å²) in [5, 5.41) is 5.83. The number of aromatic nitrogens is 1. The van der Waals surface area contributed by atoms with Crippen LogP contribution in [0.2, 0.25) is 0 Å². The summed E-state index contributed by atoms with van der Waals surface area (Å²) in [4.78, 5) is 14.5. The topological polar surface area (TPSA) is 46.3 Å². The third kappa shape index (κ3) is 2.59. The number of likely N-dealkylation sites (tertiary alicyclic amines) is 1. The molecule has 1 aromatic heterocycles. The Hall–Kier alpha value is -1.36. The van der Waals surface area contributed by atoms with Crippen molar-refractivity contribution in [2.45, 2.75) is 31.7 Å². The van der Waals surface area contributed by atoms with Crippen LogP contribution in [0.25, 0.3) is 11.0 Å². The number of alkyl halides is 1. The number of hydrogen-bond acceptors (Lipinski definition) is 3. The number of carbonyl (C=O) groups is 1. The van der Waals surface area contributed by atoms with Gasteiger partial charge in [0.2, 0.25) is 5.91 Å². The van der Waals surface area contributed by atoms with Gasteiger partial charge in [0, 0.05) is 23.3 Å². The number of piperidine rings is 1. The van der Waals surface area contributed by atoms with Crippen molar-refractivity contribution in [2.75, 3.05) is 11.9 Å². The highest BCUT2D eigenvalue weighted by Gasteiger charge is 2.26. The predicted octanol–water partition coefficient (Wildman–Crippen LogP) is 3.15. The molecule has 3 rings (SSSR count). The third-order valence-electron chi connectivity index (χ3n) is 3.90. The Kier molecular flexibility index (Phi) is 4.05. The van der Waals surface area contributed by atoms with Gasteiger partial charge in [0.15, 0.2) is 5.58 Å². The minimum absolute atomic E-state index is 0.146. The minimum Gasteiger partial charge on any atom is -0.356 e. The number of amides is 1. The van der Waals surface area contributed by atoms with E-state index >= 15 is 0 Å². The first-order chi connectivity index (χ1) is 9.79. The van der Waals surface area contributed by atoms with E-state index in [1.54, 1.807) is 0 Å². The van der Waals surface area contributed by atoms with Crippen molar-refractivity contribution in [1.29, 1.82) is 0 Å². The lowest BCUT2D eigenvalue weighted by atomic mass is 10.0. The number of rotatable bonds is 3. The van der Waals surface area contributed by atoms with Crippen molar-refractivity contribution < 1.29 is 9.32 Å². The number of halogens is 1. The van der Waals surface area contributed by atoms with Crippen LogP contribution in [0.5, 0.6) is 0 Å². The molecule has 0 bridgehead atoms. The van der Waals surface area contributed by atoms with E-state index in [2.05, 4.69) is 21.1 Å². The van der Waals surface area contributed by atoms with E-state index < -0.39 is 0 Å². The van der Waals surface area contributed by atoms with E-state index in [0.29, 0.717) is 12.5 Å². The quantitative estimate of drug-likeness (QED) is 0.809. The Bertz CT molecular complexity index is 611. The Morgan fingerprint density at radius 1 is 1.40 bits per heavy atom. The Morgan fingerprint density at radius 2 is 2.25 bits per heavy atom. The standard InChI is InChI=1S/C15H17BrN2O2/c16-10-11-5-3-4-8-18(11)15(19)9-13-12-6-1-2-7-14(12)20-17-13/h1-2,6-7,11H,3-5,8-10H2. The molecule has 1 aliphatic heterocycles. The molecular formula is C15H17BrN2O2. The van der Waals surface area contributed by atoms with Crippen LogP contribution in [0.3, 0.4) is 0 Å². The highest BCUT2D eigenvalue weighted by molar-refractivity contribution is 9.09. The zero-order valence-electron chi connectivity index (χ0n) is 11.2. The van der Waals surface area contributed by atoms with Crippen LogP contribution < -0.4 is 0 Å². The zero-order valence-corrected chi connectivity index (χ0v) is 12.8. The van der Waals surface area contributed by atoms with Crippen LogP contribution in [0, 0.1) is 0 Å². The number of fused-ring (bicyclic) bond motifs is 1. The van der Waals surface area contributed by atoms with E-state index in [-0.39, 0.29) is 5.91 Å². The molecule has 1 atom stereocenters. The van der Waals surface area contributed by atoms with Crippen LogP contribution in [0.1, 0.15) is 25.0 Å². The number of nitrogens with zero attached hydrogens (tertiary/aromatic N) is 2. The van der Waals surface area contributed by atoms with E-state index in [1.807, 2.05) is 29.2 Å². The molecule has 0 saturated carbocycles. The van der Waals surface area contributed by atoms with Crippen LogP contribution in [-0.2, 0) is 11.2 Å². The molecule has 2 heterocycles. The predicted molar refractivity (Wildman–Crippen MR) is 80.9 cm³/mol. The maximum atomic E-state index is 12.5. The van der Waals surface area contributed by atoms with Crippen molar-refractivity contribution in [3.63, 3.8) is 0 Å². The van der Waals surface area contributed by atoms with Gasteiger partial charge in [-0.2, -0.15) is 0 Å². The molecule has 1 fully saturated rings. The summed E-state index contributed by atoms with van der Waals surface area (Å²) in [5.41, 5.74) is 1.48. The summed E-state index contributed by atoms with van der Waals surface area (Å²) in [6.45, 7) is 0.852. The lowest BCUT2D eigenvalue weighted by molar-refractivity contribution is -0.133. The van der Waals surface area contributed by atoms with E-state index in [9.17, 15) is 4.79 Å². The zero-order chi connectivity index (χ0) is 13.9. The van der Waals surface area contributed by atoms with Crippen LogP contribution >= 0.6 is 15.9 Å². The fourth-order valence-electron chi connectivity index (χ4n) is 2.80. The maximum absolute atomic E-state index is 12.5. The second kappa shape index (κ2) is 5.95. The van der Waals surface area contributed by atoms with E-state index in [4.69, 9.17) is 4.52 Å². The molecule has 1 saturated heterocycles. The molecule has 5 heteroatoms. The smallest absolute Gasteiger partial charge is 0.229 e. The van der Waals surface area contributed by atoms with Crippen molar-refractivity contribution >= 4 is 32.8 Å². The van der Waals surface area contributed by atoms with Gasteiger partial charge in [-0.05, 0) is 31.4 Å². The third-order valence-corrected chi connectivity index (χ3v) is 4.64. The molecule has 1 aliphatic rings. The van der Waals surface area contributed by atoms with Crippen LogP contribution in [0.4, 0.5) is 0 Å². The van der Waals surface area contributed by atoms with Crippen molar-refractivity contribution in [1.82, 2.24) is 10.1 Å². The molecule has 0 radical (unpaired) electrons. The molecule has 4 nitrogen and oxygen atoms in total. The van der Waals surface area contributed by atoms with Gasteiger partial charge in [-0.15, -0.1) is 0 Å². The summed E-state index contributed by atoms with van der Waals surface area (Å²) in [6.07, 6.45) is 3.69. The normalized spacial score (nSPS) is 19.4. The minimum atomic E-state index is 0.146. The second-order valence-corrected chi connectivity index (χ2v) is 5.84. The molecular weight excluding hydrogens is 320 g/mol. The molecule has 106 valence electrons. The molecule has 1 unspecified atom stereocenters. The first-order valence-corrected chi connectivity index (χ1v) is 8.10. The fourth-order valence-corrected chi connectivity index (χ4v) is 3.47. The molecule has 0 spiro atoms. The van der Waals surface area contributed by atoms with Gasteiger partial charge in [-0.3, -0.25) is 4.79 Å². The SMILES string of the molecule is O=C(Cc1noc2ccccc12)N1CCCCC1CBr. The fraction of sp³-hybridized carbons (Fsp3) is 0.467. The summed E-state index contributed by atoms with van der Waals surface area (Å²) in [7, 11) is 0. The summed E-state index contributed by atoms with van der Waals surface area (Å²) < 4.78 is 5.26. The largest absolute Gasteiger partial charge is 0.356 e. The number of benzene rings is 1.